The number of carbonyl (C=O) groups is 1. The highest BCUT2D eigenvalue weighted by Gasteiger charge is 2.28. The van der Waals surface area contributed by atoms with Crippen LogP contribution in [-0.2, 0) is 6.54 Å². The Hall–Kier alpha value is -1.000. The maximum absolute atomic E-state index is 11.1. The van der Waals surface area contributed by atoms with Crippen molar-refractivity contribution in [2.45, 2.75) is 38.0 Å². The smallest absolute Gasteiger partial charge is 0.248 e. The van der Waals surface area contributed by atoms with Crippen LogP contribution in [-0.4, -0.2) is 23.0 Å². The third-order valence-electron chi connectivity index (χ3n) is 3.74. The summed E-state index contributed by atoms with van der Waals surface area (Å²) in [4.78, 5) is 11.1. The number of hydrogen-bond acceptors (Lipinski definition) is 3. The first-order valence-corrected chi connectivity index (χ1v) is 7.73. The zero-order chi connectivity index (χ0) is 13.9. The number of aryl methyl sites for hydroxylation is 1. The van der Waals surface area contributed by atoms with Crippen LogP contribution in [0.3, 0.4) is 0 Å². The van der Waals surface area contributed by atoms with Gasteiger partial charge >= 0.3 is 0 Å². The second kappa shape index (κ2) is 5.97. The zero-order valence-corrected chi connectivity index (χ0v) is 12.5. The number of thioether (sulfide) groups is 1. The van der Waals surface area contributed by atoms with Gasteiger partial charge in [-0.05, 0) is 55.7 Å². The van der Waals surface area contributed by atoms with Gasteiger partial charge in [0.05, 0.1) is 0 Å². The maximum Gasteiger partial charge on any atom is 0.248 e. The Morgan fingerprint density at radius 1 is 1.53 bits per heavy atom. The molecule has 0 bridgehead atoms. The summed E-state index contributed by atoms with van der Waals surface area (Å²) in [5, 5.41) is 3.54. The number of hydrogen-bond donors (Lipinski definition) is 2. The van der Waals surface area contributed by atoms with Crippen molar-refractivity contribution in [3.63, 3.8) is 0 Å². The first-order valence-electron chi connectivity index (χ1n) is 6.74. The van der Waals surface area contributed by atoms with E-state index in [1.165, 1.54) is 24.2 Å². The fourth-order valence-corrected chi connectivity index (χ4v) is 3.76. The lowest BCUT2D eigenvalue weighted by Crippen LogP contribution is -2.32. The van der Waals surface area contributed by atoms with E-state index >= 15 is 0 Å². The molecule has 0 radical (unpaired) electrons. The minimum absolute atomic E-state index is 0.363. The predicted octanol–water partition coefficient (Wildman–Crippen LogP) is 2.47. The number of benzene rings is 1. The second-order valence-corrected chi connectivity index (χ2v) is 7.19. The first-order chi connectivity index (χ1) is 9.00. The fourth-order valence-electron chi connectivity index (χ4n) is 2.49. The highest BCUT2D eigenvalue weighted by Crippen LogP contribution is 2.36. The normalized spacial score (nSPS) is 22.6. The van der Waals surface area contributed by atoms with Gasteiger partial charge in [-0.3, -0.25) is 4.79 Å². The van der Waals surface area contributed by atoms with Gasteiger partial charge in [-0.2, -0.15) is 11.8 Å². The van der Waals surface area contributed by atoms with Gasteiger partial charge in [0.1, 0.15) is 0 Å². The minimum Gasteiger partial charge on any atom is -0.366 e. The van der Waals surface area contributed by atoms with Gasteiger partial charge in [0.15, 0.2) is 0 Å². The highest BCUT2D eigenvalue weighted by molar-refractivity contribution is 8.00. The summed E-state index contributed by atoms with van der Waals surface area (Å²) >= 11 is 2.07. The molecule has 1 amide bonds. The van der Waals surface area contributed by atoms with Crippen molar-refractivity contribution in [2.75, 3.05) is 12.3 Å². The summed E-state index contributed by atoms with van der Waals surface area (Å²) in [6.45, 7) is 6.24. The molecule has 1 atom stereocenters. The van der Waals surface area contributed by atoms with Gasteiger partial charge < -0.3 is 11.1 Å². The Kier molecular flexibility index (Phi) is 4.53. The summed E-state index contributed by atoms with van der Waals surface area (Å²) in [7, 11) is 0. The van der Waals surface area contributed by atoms with Crippen molar-refractivity contribution < 1.29 is 4.79 Å². The van der Waals surface area contributed by atoms with E-state index in [4.69, 9.17) is 5.73 Å². The van der Waals surface area contributed by atoms with Crippen LogP contribution < -0.4 is 11.1 Å². The standard InChI is InChI=1S/C15H22N2OS/c1-11-8-12(14(16)18)4-5-13(11)9-17-10-15(2)6-3-7-19-15/h4-5,8,17H,3,6-7,9-10H2,1-2H3,(H2,16,18). The zero-order valence-electron chi connectivity index (χ0n) is 11.7. The summed E-state index contributed by atoms with van der Waals surface area (Å²) in [5.74, 6) is 0.919. The van der Waals surface area contributed by atoms with Crippen molar-refractivity contribution in [3.05, 3.63) is 34.9 Å². The number of nitrogens with one attached hydrogen (secondary N) is 1. The molecule has 2 rings (SSSR count). The lowest BCUT2D eigenvalue weighted by Gasteiger charge is -2.23. The summed E-state index contributed by atoms with van der Waals surface area (Å²) < 4.78 is 0.390. The minimum atomic E-state index is -0.363. The summed E-state index contributed by atoms with van der Waals surface area (Å²) in [5.41, 5.74) is 8.21. The molecule has 3 N–H and O–H groups in total. The Labute approximate surface area is 119 Å². The van der Waals surface area contributed by atoms with E-state index in [1.807, 2.05) is 19.1 Å². The van der Waals surface area contributed by atoms with Crippen LogP contribution in [0.1, 0.15) is 41.3 Å². The van der Waals surface area contributed by atoms with E-state index in [-0.39, 0.29) is 5.91 Å². The molecule has 1 heterocycles. The van der Waals surface area contributed by atoms with Gasteiger partial charge in [-0.25, -0.2) is 0 Å². The molecule has 0 saturated carbocycles. The van der Waals surface area contributed by atoms with Gasteiger partial charge in [-0.15, -0.1) is 0 Å². The molecule has 0 aromatic heterocycles. The van der Waals surface area contributed by atoms with Gasteiger partial charge in [0, 0.05) is 23.4 Å². The van der Waals surface area contributed by atoms with E-state index < -0.39 is 0 Å². The number of rotatable bonds is 5. The molecule has 1 unspecified atom stereocenters. The highest BCUT2D eigenvalue weighted by atomic mass is 32.2. The molecule has 104 valence electrons. The van der Waals surface area contributed by atoms with Crippen molar-refractivity contribution in [1.82, 2.24) is 5.32 Å². The Bertz CT molecular complexity index is 467. The van der Waals surface area contributed by atoms with Crippen molar-refractivity contribution in [2.24, 2.45) is 5.73 Å². The quantitative estimate of drug-likeness (QED) is 0.870. The first kappa shape index (κ1) is 14.4. The van der Waals surface area contributed by atoms with Crippen LogP contribution in [0.5, 0.6) is 0 Å². The SMILES string of the molecule is Cc1cc(C(N)=O)ccc1CNCC1(C)CCCS1. The summed E-state index contributed by atoms with van der Waals surface area (Å²) in [6.07, 6.45) is 2.62. The molecular formula is C15H22N2OS. The molecule has 4 heteroatoms. The number of amides is 1. The van der Waals surface area contributed by atoms with Gasteiger partial charge in [0.2, 0.25) is 5.91 Å². The maximum atomic E-state index is 11.1. The van der Waals surface area contributed by atoms with Crippen LogP contribution in [0, 0.1) is 6.92 Å². The Morgan fingerprint density at radius 2 is 2.32 bits per heavy atom. The topological polar surface area (TPSA) is 55.1 Å². The molecule has 1 aromatic carbocycles. The molecule has 1 saturated heterocycles. The van der Waals surface area contributed by atoms with Crippen molar-refractivity contribution in [1.29, 1.82) is 0 Å². The van der Waals surface area contributed by atoms with E-state index in [1.54, 1.807) is 6.07 Å². The number of nitrogens with two attached hydrogens (primary N) is 1. The lowest BCUT2D eigenvalue weighted by molar-refractivity contribution is 0.1000. The average molecular weight is 278 g/mol. The molecule has 1 aromatic rings. The Balaban J connectivity index is 1.91. The molecule has 1 fully saturated rings. The van der Waals surface area contributed by atoms with Crippen LogP contribution >= 0.6 is 11.8 Å². The van der Waals surface area contributed by atoms with Crippen molar-refractivity contribution in [3.8, 4) is 0 Å². The molecular weight excluding hydrogens is 256 g/mol. The van der Waals surface area contributed by atoms with Crippen LogP contribution in [0.25, 0.3) is 0 Å². The van der Waals surface area contributed by atoms with E-state index in [2.05, 4.69) is 24.0 Å². The van der Waals surface area contributed by atoms with E-state index in [0.29, 0.717) is 10.3 Å². The second-order valence-electron chi connectivity index (χ2n) is 5.51. The number of primary amides is 1. The Morgan fingerprint density at radius 3 is 2.89 bits per heavy atom. The molecule has 1 aliphatic heterocycles. The fraction of sp³-hybridized carbons (Fsp3) is 0.533. The predicted molar refractivity (Wildman–Crippen MR) is 81.5 cm³/mol. The molecule has 0 aliphatic carbocycles. The van der Waals surface area contributed by atoms with Crippen LogP contribution in [0.4, 0.5) is 0 Å². The van der Waals surface area contributed by atoms with E-state index in [9.17, 15) is 4.79 Å². The molecule has 0 spiro atoms. The van der Waals surface area contributed by atoms with Crippen molar-refractivity contribution >= 4 is 17.7 Å². The third-order valence-corrected chi connectivity index (χ3v) is 5.28. The molecule has 19 heavy (non-hydrogen) atoms. The largest absolute Gasteiger partial charge is 0.366 e. The summed E-state index contributed by atoms with van der Waals surface area (Å²) in [6, 6.07) is 5.66. The lowest BCUT2D eigenvalue weighted by atomic mass is 10.0. The van der Waals surface area contributed by atoms with E-state index in [0.717, 1.165) is 18.7 Å². The molecule has 1 aliphatic rings. The average Bonchev–Trinajstić information content (AvgIpc) is 2.78. The molecule has 3 nitrogen and oxygen atoms in total. The van der Waals surface area contributed by atoms with Gasteiger partial charge in [-0.1, -0.05) is 6.07 Å². The number of carbonyl (C=O) groups excluding carboxylic acids is 1. The van der Waals surface area contributed by atoms with Crippen LogP contribution in [0.2, 0.25) is 0 Å². The third kappa shape index (κ3) is 3.74. The monoisotopic (exact) mass is 278 g/mol. The van der Waals surface area contributed by atoms with Gasteiger partial charge in [0.25, 0.3) is 0 Å². The van der Waals surface area contributed by atoms with Crippen LogP contribution in [0.15, 0.2) is 18.2 Å².